The third-order valence-corrected chi connectivity index (χ3v) is 2.57. The van der Waals surface area contributed by atoms with Crippen molar-refractivity contribution in [2.75, 3.05) is 14.2 Å². The second kappa shape index (κ2) is 5.49. The Morgan fingerprint density at radius 1 is 1.24 bits per heavy atom. The van der Waals surface area contributed by atoms with Crippen LogP contribution < -0.4 is 9.47 Å². The number of hydrogen-bond donors (Lipinski definition) is 0. The van der Waals surface area contributed by atoms with Crippen molar-refractivity contribution in [3.63, 3.8) is 0 Å². The van der Waals surface area contributed by atoms with Crippen LogP contribution in [0.5, 0.6) is 11.5 Å². The van der Waals surface area contributed by atoms with E-state index in [1.165, 1.54) is 26.4 Å². The van der Waals surface area contributed by atoms with Crippen LogP contribution in [0.25, 0.3) is 0 Å². The first kappa shape index (κ1) is 14.0. The Morgan fingerprint density at radius 2 is 1.88 bits per heavy atom. The van der Waals surface area contributed by atoms with Crippen molar-refractivity contribution in [2.24, 2.45) is 0 Å². The van der Waals surface area contributed by atoms with Crippen LogP contribution in [0.2, 0.25) is 0 Å². The summed E-state index contributed by atoms with van der Waals surface area (Å²) in [7, 11) is 2.81. The van der Waals surface area contributed by atoms with Crippen molar-refractivity contribution in [1.29, 1.82) is 0 Å². The first-order valence-electron chi connectivity index (χ1n) is 4.80. The summed E-state index contributed by atoms with van der Waals surface area (Å²) in [5.74, 6) is 0.753. The number of alkyl halides is 4. The molecule has 17 heavy (non-hydrogen) atoms. The molecule has 1 atom stereocenters. The van der Waals surface area contributed by atoms with E-state index in [0.29, 0.717) is 11.5 Å². The smallest absolute Gasteiger partial charge is 0.390 e. The lowest BCUT2D eigenvalue weighted by atomic mass is 10.1. The molecule has 0 aliphatic carbocycles. The third-order valence-electron chi connectivity index (χ3n) is 2.18. The highest BCUT2D eigenvalue weighted by Crippen LogP contribution is 2.39. The molecule has 0 radical (unpaired) electrons. The third kappa shape index (κ3) is 4.00. The van der Waals surface area contributed by atoms with E-state index in [1.807, 2.05) is 0 Å². The topological polar surface area (TPSA) is 18.5 Å². The number of benzene rings is 1. The van der Waals surface area contributed by atoms with Gasteiger partial charge in [-0.05, 0) is 18.2 Å². The highest BCUT2D eigenvalue weighted by molar-refractivity contribution is 6.21. The lowest BCUT2D eigenvalue weighted by molar-refractivity contribution is -0.134. The van der Waals surface area contributed by atoms with E-state index < -0.39 is 18.0 Å². The van der Waals surface area contributed by atoms with Crippen LogP contribution in [-0.4, -0.2) is 20.4 Å². The van der Waals surface area contributed by atoms with Gasteiger partial charge >= 0.3 is 6.18 Å². The normalized spacial score (nSPS) is 13.3. The van der Waals surface area contributed by atoms with Gasteiger partial charge < -0.3 is 9.47 Å². The molecule has 0 saturated carbocycles. The van der Waals surface area contributed by atoms with E-state index in [9.17, 15) is 13.2 Å². The van der Waals surface area contributed by atoms with Crippen LogP contribution in [0.15, 0.2) is 18.2 Å². The molecule has 0 aliphatic rings. The standard InChI is InChI=1S/C11H12ClF3O2/c1-16-7-3-4-10(17-2)8(5-7)9(12)6-11(13,14)15/h3-5,9H,6H2,1-2H3. The lowest BCUT2D eigenvalue weighted by Crippen LogP contribution is -2.11. The van der Waals surface area contributed by atoms with Crippen molar-refractivity contribution in [3.05, 3.63) is 23.8 Å². The Bertz CT molecular complexity index is 379. The highest BCUT2D eigenvalue weighted by atomic mass is 35.5. The van der Waals surface area contributed by atoms with Crippen molar-refractivity contribution in [3.8, 4) is 11.5 Å². The fourth-order valence-electron chi connectivity index (χ4n) is 1.40. The molecule has 0 amide bonds. The van der Waals surface area contributed by atoms with E-state index in [1.54, 1.807) is 6.07 Å². The van der Waals surface area contributed by atoms with Crippen LogP contribution in [-0.2, 0) is 0 Å². The minimum absolute atomic E-state index is 0.269. The number of methoxy groups -OCH3 is 2. The highest BCUT2D eigenvalue weighted by Gasteiger charge is 2.33. The van der Waals surface area contributed by atoms with E-state index in [2.05, 4.69) is 0 Å². The minimum atomic E-state index is -4.32. The molecule has 0 saturated heterocycles. The van der Waals surface area contributed by atoms with Crippen molar-refractivity contribution in [1.82, 2.24) is 0 Å². The van der Waals surface area contributed by atoms with Crippen LogP contribution in [0.3, 0.4) is 0 Å². The summed E-state index contributed by atoms with van der Waals surface area (Å²) in [5, 5.41) is -1.19. The van der Waals surface area contributed by atoms with Gasteiger partial charge in [-0.25, -0.2) is 0 Å². The Hall–Kier alpha value is -1.10. The van der Waals surface area contributed by atoms with Crippen LogP contribution in [0.4, 0.5) is 13.2 Å². The summed E-state index contributed by atoms with van der Waals surface area (Å²) >= 11 is 5.75. The maximum Gasteiger partial charge on any atom is 0.390 e. The molecule has 2 nitrogen and oxygen atoms in total. The van der Waals surface area contributed by atoms with E-state index in [0.717, 1.165) is 0 Å². The van der Waals surface area contributed by atoms with Gasteiger partial charge in [-0.15, -0.1) is 11.6 Å². The number of rotatable bonds is 4. The fourth-order valence-corrected chi connectivity index (χ4v) is 1.74. The van der Waals surface area contributed by atoms with Crippen LogP contribution >= 0.6 is 11.6 Å². The fraction of sp³-hybridized carbons (Fsp3) is 0.455. The molecule has 0 N–H and O–H groups in total. The van der Waals surface area contributed by atoms with Crippen LogP contribution in [0, 0.1) is 0 Å². The van der Waals surface area contributed by atoms with E-state index >= 15 is 0 Å². The quantitative estimate of drug-likeness (QED) is 0.770. The monoisotopic (exact) mass is 268 g/mol. The predicted molar refractivity (Wildman–Crippen MR) is 58.8 cm³/mol. The van der Waals surface area contributed by atoms with Gasteiger partial charge in [-0.2, -0.15) is 13.2 Å². The van der Waals surface area contributed by atoms with Crippen molar-refractivity contribution < 1.29 is 22.6 Å². The maximum atomic E-state index is 12.3. The average molecular weight is 269 g/mol. The van der Waals surface area contributed by atoms with E-state index in [-0.39, 0.29) is 5.56 Å². The molecule has 0 spiro atoms. The van der Waals surface area contributed by atoms with Gasteiger partial charge in [-0.3, -0.25) is 0 Å². The van der Waals surface area contributed by atoms with Gasteiger partial charge in [-0.1, -0.05) is 0 Å². The summed E-state index contributed by atoms with van der Waals surface area (Å²) in [4.78, 5) is 0. The van der Waals surface area contributed by atoms with E-state index in [4.69, 9.17) is 21.1 Å². The predicted octanol–water partition coefficient (Wildman–Crippen LogP) is 3.94. The molecular weight excluding hydrogens is 257 g/mol. The zero-order valence-corrected chi connectivity index (χ0v) is 10.1. The second-order valence-electron chi connectivity index (χ2n) is 3.39. The Morgan fingerprint density at radius 3 is 2.35 bits per heavy atom. The number of hydrogen-bond acceptors (Lipinski definition) is 2. The molecule has 0 bridgehead atoms. The van der Waals surface area contributed by atoms with Gasteiger partial charge in [0.1, 0.15) is 11.5 Å². The Labute approximate surface area is 102 Å². The Kier molecular flexibility index (Phi) is 4.51. The largest absolute Gasteiger partial charge is 0.497 e. The minimum Gasteiger partial charge on any atom is -0.497 e. The van der Waals surface area contributed by atoms with Crippen molar-refractivity contribution >= 4 is 11.6 Å². The molecule has 6 heteroatoms. The number of ether oxygens (including phenoxy) is 2. The molecule has 96 valence electrons. The molecule has 1 unspecified atom stereocenters. The second-order valence-corrected chi connectivity index (χ2v) is 3.92. The van der Waals surface area contributed by atoms with Gasteiger partial charge in [0.05, 0.1) is 26.0 Å². The molecule has 0 aliphatic heterocycles. The molecule has 1 aromatic carbocycles. The average Bonchev–Trinajstić information content (AvgIpc) is 2.25. The SMILES string of the molecule is COc1ccc(OC)c(C(Cl)CC(F)(F)F)c1. The molecular formula is C11H12ClF3O2. The zero-order valence-electron chi connectivity index (χ0n) is 9.34. The molecule has 1 aromatic rings. The molecule has 0 heterocycles. The number of halogens is 4. The summed E-state index contributed by atoms with van der Waals surface area (Å²) in [6.07, 6.45) is -5.43. The first-order valence-corrected chi connectivity index (χ1v) is 5.23. The lowest BCUT2D eigenvalue weighted by Gasteiger charge is -2.16. The summed E-state index contributed by atoms with van der Waals surface area (Å²) in [6, 6.07) is 4.57. The van der Waals surface area contributed by atoms with Gasteiger partial charge in [0.25, 0.3) is 0 Å². The van der Waals surface area contributed by atoms with Gasteiger partial charge in [0.2, 0.25) is 0 Å². The first-order chi connectivity index (χ1) is 7.87. The summed E-state index contributed by atoms with van der Waals surface area (Å²) in [6.45, 7) is 0. The summed E-state index contributed by atoms with van der Waals surface area (Å²) in [5.41, 5.74) is 0.269. The molecule has 0 aromatic heterocycles. The molecule has 1 rings (SSSR count). The van der Waals surface area contributed by atoms with Gasteiger partial charge in [0, 0.05) is 5.56 Å². The van der Waals surface area contributed by atoms with Crippen LogP contribution in [0.1, 0.15) is 17.4 Å². The summed E-state index contributed by atoms with van der Waals surface area (Å²) < 4.78 is 46.7. The van der Waals surface area contributed by atoms with Crippen molar-refractivity contribution in [2.45, 2.75) is 18.0 Å². The Balaban J connectivity index is 3.01. The maximum absolute atomic E-state index is 12.3. The van der Waals surface area contributed by atoms with Gasteiger partial charge in [0.15, 0.2) is 0 Å². The zero-order chi connectivity index (χ0) is 13.1. The molecule has 0 fully saturated rings.